The monoisotopic (exact) mass is 250 g/mol. The zero-order valence-corrected chi connectivity index (χ0v) is 10.4. The van der Waals surface area contributed by atoms with Crippen molar-refractivity contribution in [3.63, 3.8) is 0 Å². The van der Waals surface area contributed by atoms with Gasteiger partial charge in [0.25, 0.3) is 0 Å². The number of para-hydroxylation sites is 1. The summed E-state index contributed by atoms with van der Waals surface area (Å²) in [6, 6.07) is 6.80. The van der Waals surface area contributed by atoms with Crippen molar-refractivity contribution in [3.8, 4) is 0 Å². The van der Waals surface area contributed by atoms with Crippen LogP contribution in [-0.2, 0) is 6.54 Å². The summed E-state index contributed by atoms with van der Waals surface area (Å²) in [6.07, 6.45) is 0. The van der Waals surface area contributed by atoms with Crippen LogP contribution in [0.1, 0.15) is 12.8 Å². The number of nitrogens with zero attached hydrogens (tertiary/aromatic N) is 3. The van der Waals surface area contributed by atoms with E-state index in [0.29, 0.717) is 30.7 Å². The average molecular weight is 250 g/mol. The summed E-state index contributed by atoms with van der Waals surface area (Å²) in [7, 11) is 1.79. The first-order chi connectivity index (χ1) is 8.76. The van der Waals surface area contributed by atoms with Crippen LogP contribution in [0.25, 0.3) is 0 Å². The first-order valence-electron chi connectivity index (χ1n) is 5.75. The molecule has 0 aliphatic rings. The topological polar surface area (TPSA) is 54.2 Å². The molecule has 0 fully saturated rings. The van der Waals surface area contributed by atoms with Gasteiger partial charge in [0.15, 0.2) is 0 Å². The van der Waals surface area contributed by atoms with Gasteiger partial charge in [-0.05, 0) is 26.1 Å². The Balaban J connectivity index is 2.30. The van der Waals surface area contributed by atoms with Crippen molar-refractivity contribution in [2.45, 2.75) is 13.5 Å². The van der Waals surface area contributed by atoms with Gasteiger partial charge >= 0.3 is 6.01 Å². The third-order valence-electron chi connectivity index (χ3n) is 2.47. The van der Waals surface area contributed by atoms with Crippen LogP contribution in [0.15, 0.2) is 28.7 Å². The van der Waals surface area contributed by atoms with Gasteiger partial charge in [-0.15, -0.1) is 5.10 Å². The lowest BCUT2D eigenvalue weighted by atomic mass is 10.3. The number of rotatable bonds is 5. The molecule has 0 saturated heterocycles. The van der Waals surface area contributed by atoms with Gasteiger partial charge in [0, 0.05) is 6.54 Å². The van der Waals surface area contributed by atoms with Crippen molar-refractivity contribution in [1.29, 1.82) is 0 Å². The van der Waals surface area contributed by atoms with Crippen LogP contribution in [0.4, 0.5) is 16.1 Å². The fraction of sp³-hybridized carbons (Fsp3) is 0.333. The molecule has 0 bridgehead atoms. The van der Waals surface area contributed by atoms with Crippen LogP contribution in [0, 0.1) is 5.82 Å². The van der Waals surface area contributed by atoms with Crippen LogP contribution < -0.4 is 10.2 Å². The lowest BCUT2D eigenvalue weighted by Crippen LogP contribution is -2.17. The van der Waals surface area contributed by atoms with E-state index in [-0.39, 0.29) is 5.82 Å². The minimum absolute atomic E-state index is 0.299. The lowest BCUT2D eigenvalue weighted by molar-refractivity contribution is 0.479. The average Bonchev–Trinajstić information content (AvgIpc) is 2.82. The maximum Gasteiger partial charge on any atom is 0.322 e. The molecule has 0 aliphatic heterocycles. The van der Waals surface area contributed by atoms with Crippen LogP contribution in [0.2, 0.25) is 0 Å². The van der Waals surface area contributed by atoms with E-state index in [9.17, 15) is 4.39 Å². The minimum atomic E-state index is -0.312. The Hall–Kier alpha value is -1.95. The number of hydrogen-bond donors (Lipinski definition) is 1. The number of aromatic nitrogens is 2. The summed E-state index contributed by atoms with van der Waals surface area (Å²) in [5, 5.41) is 10.7. The molecule has 0 radical (unpaired) electrons. The molecule has 1 aromatic carbocycles. The van der Waals surface area contributed by atoms with Crippen molar-refractivity contribution < 1.29 is 8.81 Å². The maximum atomic E-state index is 13.7. The Morgan fingerprint density at radius 2 is 2.11 bits per heavy atom. The molecule has 18 heavy (non-hydrogen) atoms. The molecule has 0 saturated carbocycles. The Labute approximate surface area is 105 Å². The van der Waals surface area contributed by atoms with Gasteiger partial charge in [0.2, 0.25) is 5.89 Å². The first-order valence-corrected chi connectivity index (χ1v) is 5.75. The van der Waals surface area contributed by atoms with Crippen molar-refractivity contribution >= 4 is 11.7 Å². The van der Waals surface area contributed by atoms with E-state index in [1.807, 2.05) is 6.92 Å². The predicted molar refractivity (Wildman–Crippen MR) is 66.1 cm³/mol. The zero-order chi connectivity index (χ0) is 13.0. The molecule has 1 aromatic heterocycles. The van der Waals surface area contributed by atoms with Gasteiger partial charge in [0.05, 0.1) is 12.2 Å². The lowest BCUT2D eigenvalue weighted by Gasteiger charge is -2.18. The second-order valence-corrected chi connectivity index (χ2v) is 3.70. The standard InChI is InChI=1S/C12H15FN4O/c1-3-17(10-7-5-4-6-9(10)13)12-16-15-11(18-12)8-14-2/h4-7,14H,3,8H2,1-2H3. The van der Waals surface area contributed by atoms with Crippen molar-refractivity contribution in [1.82, 2.24) is 15.5 Å². The molecule has 96 valence electrons. The Kier molecular flexibility index (Phi) is 3.88. The summed E-state index contributed by atoms with van der Waals surface area (Å²) in [5.41, 5.74) is 0.430. The van der Waals surface area contributed by atoms with E-state index in [1.165, 1.54) is 6.07 Å². The fourth-order valence-electron chi connectivity index (χ4n) is 1.66. The van der Waals surface area contributed by atoms with Crippen LogP contribution in [-0.4, -0.2) is 23.8 Å². The van der Waals surface area contributed by atoms with E-state index >= 15 is 0 Å². The fourth-order valence-corrected chi connectivity index (χ4v) is 1.66. The number of anilines is 2. The van der Waals surface area contributed by atoms with Gasteiger partial charge in [-0.2, -0.15) is 0 Å². The van der Waals surface area contributed by atoms with Crippen molar-refractivity contribution in [3.05, 3.63) is 36.0 Å². The third kappa shape index (κ3) is 2.48. The van der Waals surface area contributed by atoms with Gasteiger partial charge in [0.1, 0.15) is 5.82 Å². The second kappa shape index (κ2) is 5.59. The largest absolute Gasteiger partial charge is 0.406 e. The maximum absolute atomic E-state index is 13.7. The van der Waals surface area contributed by atoms with E-state index in [1.54, 1.807) is 30.1 Å². The Bertz CT molecular complexity index is 514. The molecule has 0 aliphatic carbocycles. The molecule has 2 aromatic rings. The minimum Gasteiger partial charge on any atom is -0.406 e. The van der Waals surface area contributed by atoms with Crippen LogP contribution >= 0.6 is 0 Å². The number of halogens is 1. The van der Waals surface area contributed by atoms with E-state index in [4.69, 9.17) is 4.42 Å². The predicted octanol–water partition coefficient (Wildman–Crippen LogP) is 2.09. The Morgan fingerprint density at radius 3 is 2.78 bits per heavy atom. The molecule has 1 heterocycles. The van der Waals surface area contributed by atoms with Crippen LogP contribution in [0.3, 0.4) is 0 Å². The summed E-state index contributed by atoms with van der Waals surface area (Å²) in [6.45, 7) is 2.93. The van der Waals surface area contributed by atoms with E-state index in [2.05, 4.69) is 15.5 Å². The molecule has 0 amide bonds. The third-order valence-corrected chi connectivity index (χ3v) is 2.47. The van der Waals surface area contributed by atoms with Gasteiger partial charge in [-0.1, -0.05) is 17.2 Å². The molecular formula is C12H15FN4O. The van der Waals surface area contributed by atoms with E-state index < -0.39 is 0 Å². The zero-order valence-electron chi connectivity index (χ0n) is 10.4. The number of hydrogen-bond acceptors (Lipinski definition) is 5. The summed E-state index contributed by atoms with van der Waals surface area (Å²) >= 11 is 0. The van der Waals surface area contributed by atoms with Crippen molar-refractivity contribution in [2.24, 2.45) is 0 Å². The van der Waals surface area contributed by atoms with Gasteiger partial charge < -0.3 is 9.73 Å². The SMILES string of the molecule is CCN(c1nnc(CNC)o1)c1ccccc1F. The molecule has 0 unspecified atom stereocenters. The molecule has 0 spiro atoms. The normalized spacial score (nSPS) is 10.6. The highest BCUT2D eigenvalue weighted by molar-refractivity contribution is 5.56. The van der Waals surface area contributed by atoms with E-state index in [0.717, 1.165) is 0 Å². The Morgan fingerprint density at radius 1 is 1.33 bits per heavy atom. The molecule has 2 rings (SSSR count). The van der Waals surface area contributed by atoms with Crippen molar-refractivity contribution in [2.75, 3.05) is 18.5 Å². The summed E-state index contributed by atoms with van der Waals surface area (Å²) in [5.74, 6) is 0.162. The summed E-state index contributed by atoms with van der Waals surface area (Å²) < 4.78 is 19.2. The summed E-state index contributed by atoms with van der Waals surface area (Å²) in [4.78, 5) is 1.64. The van der Waals surface area contributed by atoms with Gasteiger partial charge in [-0.3, -0.25) is 4.90 Å². The quantitative estimate of drug-likeness (QED) is 0.880. The highest BCUT2D eigenvalue weighted by Crippen LogP contribution is 2.26. The number of benzene rings is 1. The molecular weight excluding hydrogens is 235 g/mol. The molecule has 6 heteroatoms. The molecule has 5 nitrogen and oxygen atoms in total. The smallest absolute Gasteiger partial charge is 0.322 e. The highest BCUT2D eigenvalue weighted by atomic mass is 19.1. The van der Waals surface area contributed by atoms with Crippen LogP contribution in [0.5, 0.6) is 0 Å². The molecule has 0 atom stereocenters. The first kappa shape index (κ1) is 12.5. The number of nitrogens with one attached hydrogen (secondary N) is 1. The highest BCUT2D eigenvalue weighted by Gasteiger charge is 2.17. The van der Waals surface area contributed by atoms with Gasteiger partial charge in [-0.25, -0.2) is 4.39 Å². The molecule has 1 N–H and O–H groups in total. The second-order valence-electron chi connectivity index (χ2n) is 3.70.